The van der Waals surface area contributed by atoms with Gasteiger partial charge in [-0.05, 0) is 11.6 Å². The van der Waals surface area contributed by atoms with E-state index in [0.717, 1.165) is 22.2 Å². The van der Waals surface area contributed by atoms with Crippen molar-refractivity contribution >= 4 is 22.7 Å². The highest BCUT2D eigenvalue weighted by molar-refractivity contribution is 5.97. The summed E-state index contributed by atoms with van der Waals surface area (Å²) in [5, 5.41) is 10.9. The minimum absolute atomic E-state index is 0.0611. The number of aliphatic hydroxyl groups is 1. The second-order valence-electron chi connectivity index (χ2n) is 5.98. The van der Waals surface area contributed by atoms with Crippen molar-refractivity contribution in [3.05, 3.63) is 35.5 Å². The van der Waals surface area contributed by atoms with Crippen LogP contribution in [-0.2, 0) is 16.0 Å². The number of aromatic nitrogens is 1. The van der Waals surface area contributed by atoms with Crippen molar-refractivity contribution < 1.29 is 14.7 Å². The summed E-state index contributed by atoms with van der Waals surface area (Å²) < 4.78 is 0. The van der Waals surface area contributed by atoms with Crippen LogP contribution in [0.3, 0.4) is 0 Å². The van der Waals surface area contributed by atoms with Crippen LogP contribution in [-0.4, -0.2) is 57.9 Å². The van der Waals surface area contributed by atoms with Crippen LogP contribution < -0.4 is 0 Å². The summed E-state index contributed by atoms with van der Waals surface area (Å²) in [6.45, 7) is -0.125. The van der Waals surface area contributed by atoms with Gasteiger partial charge in [-0.25, -0.2) is 0 Å². The molecule has 0 aliphatic carbocycles. The van der Waals surface area contributed by atoms with E-state index in [2.05, 4.69) is 4.98 Å². The standard InChI is InChI=1S/C16H17N3O3/c1-18-7-14(21)19-12(16(18)22)6-10-9-4-2-3-5-11(9)17-15(10)13(19)8-20/h2-5,12-13,17,20H,6-8H2,1H3. The Kier molecular flexibility index (Phi) is 2.77. The molecule has 0 spiro atoms. The second-order valence-corrected chi connectivity index (χ2v) is 5.98. The van der Waals surface area contributed by atoms with Crippen LogP contribution in [0.5, 0.6) is 0 Å². The highest BCUT2D eigenvalue weighted by atomic mass is 16.3. The number of aliphatic hydroxyl groups excluding tert-OH is 1. The number of aromatic amines is 1. The van der Waals surface area contributed by atoms with Crippen LogP contribution in [0.15, 0.2) is 24.3 Å². The lowest BCUT2D eigenvalue weighted by molar-refractivity contribution is -0.159. The molecule has 1 aromatic heterocycles. The molecule has 2 unspecified atom stereocenters. The fraction of sp³-hybridized carbons (Fsp3) is 0.375. The van der Waals surface area contributed by atoms with E-state index in [1.807, 2.05) is 24.3 Å². The lowest BCUT2D eigenvalue weighted by Crippen LogP contribution is -2.62. The molecule has 0 saturated carbocycles. The Morgan fingerprint density at radius 2 is 2.09 bits per heavy atom. The molecular formula is C16H17N3O3. The maximum Gasteiger partial charge on any atom is 0.245 e. The summed E-state index contributed by atoms with van der Waals surface area (Å²) in [5.41, 5.74) is 2.86. The van der Waals surface area contributed by atoms with Gasteiger partial charge in [-0.1, -0.05) is 18.2 Å². The van der Waals surface area contributed by atoms with E-state index in [-0.39, 0.29) is 25.0 Å². The van der Waals surface area contributed by atoms with E-state index in [0.29, 0.717) is 6.42 Å². The largest absolute Gasteiger partial charge is 0.394 e. The van der Waals surface area contributed by atoms with Crippen LogP contribution in [0.1, 0.15) is 17.3 Å². The second kappa shape index (κ2) is 4.58. The zero-order valence-electron chi connectivity index (χ0n) is 12.2. The highest BCUT2D eigenvalue weighted by Gasteiger charge is 2.46. The first-order chi connectivity index (χ1) is 10.6. The minimum atomic E-state index is -0.518. The number of H-pyrrole nitrogens is 1. The van der Waals surface area contributed by atoms with Crippen molar-refractivity contribution in [3.8, 4) is 0 Å². The van der Waals surface area contributed by atoms with Gasteiger partial charge in [0, 0.05) is 30.1 Å². The van der Waals surface area contributed by atoms with Crippen LogP contribution in [0.2, 0.25) is 0 Å². The zero-order valence-corrected chi connectivity index (χ0v) is 12.2. The first-order valence-electron chi connectivity index (χ1n) is 7.38. The number of carbonyl (C=O) groups is 2. The molecule has 2 N–H and O–H groups in total. The molecule has 6 nitrogen and oxygen atoms in total. The molecule has 0 bridgehead atoms. The van der Waals surface area contributed by atoms with E-state index >= 15 is 0 Å². The zero-order chi connectivity index (χ0) is 15.4. The van der Waals surface area contributed by atoms with Crippen LogP contribution in [0.4, 0.5) is 0 Å². The quantitative estimate of drug-likeness (QED) is 0.801. The van der Waals surface area contributed by atoms with Gasteiger partial charge >= 0.3 is 0 Å². The molecule has 2 amide bonds. The molecule has 1 fully saturated rings. The van der Waals surface area contributed by atoms with Gasteiger partial charge < -0.3 is 19.9 Å². The number of fused-ring (bicyclic) bond motifs is 4. The van der Waals surface area contributed by atoms with Crippen LogP contribution in [0.25, 0.3) is 10.9 Å². The van der Waals surface area contributed by atoms with Crippen molar-refractivity contribution in [2.24, 2.45) is 0 Å². The number of nitrogens with zero attached hydrogens (tertiary/aromatic N) is 2. The molecule has 3 heterocycles. The third-order valence-corrected chi connectivity index (χ3v) is 4.74. The van der Waals surface area contributed by atoms with E-state index in [9.17, 15) is 14.7 Å². The number of likely N-dealkylation sites (N-methyl/N-ethyl adjacent to an activating group) is 1. The van der Waals surface area contributed by atoms with Gasteiger partial charge in [-0.15, -0.1) is 0 Å². The van der Waals surface area contributed by atoms with Crippen molar-refractivity contribution in [2.45, 2.75) is 18.5 Å². The lowest BCUT2D eigenvalue weighted by atomic mass is 9.89. The molecule has 0 radical (unpaired) electrons. The predicted octanol–water partition coefficient (Wildman–Crippen LogP) is 0.427. The Morgan fingerprint density at radius 3 is 2.86 bits per heavy atom. The van der Waals surface area contributed by atoms with Gasteiger partial charge in [-0.3, -0.25) is 9.59 Å². The number of amides is 2. The number of benzene rings is 1. The Hall–Kier alpha value is -2.34. The Morgan fingerprint density at radius 1 is 1.32 bits per heavy atom. The van der Waals surface area contributed by atoms with Gasteiger partial charge in [0.15, 0.2) is 0 Å². The van der Waals surface area contributed by atoms with E-state index in [1.54, 1.807) is 11.9 Å². The summed E-state index contributed by atoms with van der Waals surface area (Å²) in [4.78, 5) is 31.2. The van der Waals surface area contributed by atoms with E-state index < -0.39 is 12.1 Å². The average Bonchev–Trinajstić information content (AvgIpc) is 2.89. The molecule has 114 valence electrons. The molecule has 4 rings (SSSR count). The molecule has 1 aromatic carbocycles. The normalized spacial score (nSPS) is 24.6. The van der Waals surface area contributed by atoms with Crippen molar-refractivity contribution in [2.75, 3.05) is 20.2 Å². The predicted molar refractivity (Wildman–Crippen MR) is 80.1 cm³/mol. The molecular weight excluding hydrogens is 282 g/mol. The van der Waals surface area contributed by atoms with Gasteiger partial charge in [-0.2, -0.15) is 0 Å². The van der Waals surface area contributed by atoms with Crippen LogP contribution in [0, 0.1) is 0 Å². The molecule has 6 heteroatoms. The molecule has 1 saturated heterocycles. The van der Waals surface area contributed by atoms with Crippen molar-refractivity contribution in [1.82, 2.24) is 14.8 Å². The topological polar surface area (TPSA) is 76.6 Å². The van der Waals surface area contributed by atoms with Crippen molar-refractivity contribution in [3.63, 3.8) is 0 Å². The first kappa shape index (κ1) is 13.3. The number of rotatable bonds is 1. The minimum Gasteiger partial charge on any atom is -0.394 e. The van der Waals surface area contributed by atoms with E-state index in [1.165, 1.54) is 4.90 Å². The van der Waals surface area contributed by atoms with Gasteiger partial charge in [0.1, 0.15) is 6.04 Å². The maximum atomic E-state index is 12.5. The number of hydrogen-bond acceptors (Lipinski definition) is 3. The number of hydrogen-bond donors (Lipinski definition) is 2. The third kappa shape index (κ3) is 1.64. The summed E-state index contributed by atoms with van der Waals surface area (Å²) >= 11 is 0. The van der Waals surface area contributed by atoms with Gasteiger partial charge in [0.25, 0.3) is 0 Å². The average molecular weight is 299 g/mol. The number of nitrogens with one attached hydrogen (secondary N) is 1. The lowest BCUT2D eigenvalue weighted by Gasteiger charge is -2.45. The Balaban J connectivity index is 1.91. The summed E-state index contributed by atoms with van der Waals surface area (Å²) in [6.07, 6.45) is 0.491. The molecule has 2 aliphatic heterocycles. The van der Waals surface area contributed by atoms with Crippen LogP contribution >= 0.6 is 0 Å². The smallest absolute Gasteiger partial charge is 0.245 e. The van der Waals surface area contributed by atoms with Gasteiger partial charge in [0.2, 0.25) is 11.8 Å². The number of piperazine rings is 1. The Labute approximate surface area is 127 Å². The van der Waals surface area contributed by atoms with E-state index in [4.69, 9.17) is 0 Å². The SMILES string of the molecule is CN1CC(=O)N2C(Cc3c([nH]c4ccccc34)C2CO)C1=O. The summed E-state index contributed by atoms with van der Waals surface area (Å²) in [6, 6.07) is 6.87. The summed E-state index contributed by atoms with van der Waals surface area (Å²) in [5.74, 6) is -0.176. The fourth-order valence-electron chi connectivity index (χ4n) is 3.72. The number of carbonyl (C=O) groups excluding carboxylic acids is 2. The molecule has 22 heavy (non-hydrogen) atoms. The third-order valence-electron chi connectivity index (χ3n) is 4.74. The number of para-hydroxylation sites is 1. The Bertz CT molecular complexity index is 782. The first-order valence-corrected chi connectivity index (χ1v) is 7.38. The maximum absolute atomic E-state index is 12.5. The fourth-order valence-corrected chi connectivity index (χ4v) is 3.72. The molecule has 2 atom stereocenters. The van der Waals surface area contributed by atoms with Gasteiger partial charge in [0.05, 0.1) is 19.2 Å². The molecule has 2 aromatic rings. The monoisotopic (exact) mass is 299 g/mol. The molecule has 2 aliphatic rings. The summed E-state index contributed by atoms with van der Waals surface area (Å²) in [7, 11) is 1.65. The van der Waals surface area contributed by atoms with Crippen molar-refractivity contribution in [1.29, 1.82) is 0 Å². The highest BCUT2D eigenvalue weighted by Crippen LogP contribution is 2.38.